The maximum Gasteiger partial charge on any atom is 0.289 e. The van der Waals surface area contributed by atoms with Crippen LogP contribution >= 0.6 is 0 Å². The predicted octanol–water partition coefficient (Wildman–Crippen LogP) is 3.08. The molecule has 0 bridgehead atoms. The monoisotopic (exact) mass is 374 g/mol. The number of hydrogen-bond acceptors (Lipinski definition) is 4. The van der Waals surface area contributed by atoms with Gasteiger partial charge in [0.25, 0.3) is 5.56 Å². The first kappa shape index (κ1) is 17.9. The standard InChI is InChI=1S/C20H20F2N2O3/c1-10-4-5-14(13(21)7-10)23-18-16(19(26)11-8-12(25)9-11)15-3-2-6-24(15)20(27)17(18)22/h4-5,7,11-12,23,25H,2-3,6,8-9H2,1H3. The number of benzene rings is 1. The summed E-state index contributed by atoms with van der Waals surface area (Å²) in [5.74, 6) is -2.39. The lowest BCUT2D eigenvalue weighted by Gasteiger charge is -2.31. The number of hydrogen-bond donors (Lipinski definition) is 2. The molecule has 1 fully saturated rings. The Morgan fingerprint density at radius 3 is 2.70 bits per heavy atom. The highest BCUT2D eigenvalue weighted by atomic mass is 19.1. The van der Waals surface area contributed by atoms with E-state index >= 15 is 0 Å². The third-order valence-electron chi connectivity index (χ3n) is 5.43. The van der Waals surface area contributed by atoms with E-state index in [4.69, 9.17) is 0 Å². The van der Waals surface area contributed by atoms with E-state index in [-0.39, 0.29) is 22.7 Å². The van der Waals surface area contributed by atoms with Crippen molar-refractivity contribution in [2.75, 3.05) is 5.32 Å². The lowest BCUT2D eigenvalue weighted by molar-refractivity contribution is 0.0367. The summed E-state index contributed by atoms with van der Waals surface area (Å²) in [4.78, 5) is 25.4. The number of pyridine rings is 1. The number of nitrogens with one attached hydrogen (secondary N) is 1. The fourth-order valence-electron chi connectivity index (χ4n) is 3.88. The van der Waals surface area contributed by atoms with Crippen LogP contribution in [-0.2, 0) is 13.0 Å². The SMILES string of the molecule is Cc1ccc(Nc2c(C(=O)C3CC(O)C3)c3n(c(=O)c2F)CCC3)c(F)c1. The van der Waals surface area contributed by atoms with Crippen molar-refractivity contribution in [1.29, 1.82) is 0 Å². The zero-order chi connectivity index (χ0) is 19.3. The molecule has 1 aromatic heterocycles. The van der Waals surface area contributed by atoms with Crippen molar-refractivity contribution in [1.82, 2.24) is 4.57 Å². The molecule has 0 spiro atoms. The van der Waals surface area contributed by atoms with Gasteiger partial charge in [0, 0.05) is 18.2 Å². The van der Waals surface area contributed by atoms with Crippen molar-refractivity contribution in [3.63, 3.8) is 0 Å². The van der Waals surface area contributed by atoms with E-state index in [1.807, 2.05) is 0 Å². The van der Waals surface area contributed by atoms with Crippen LogP contribution in [0, 0.1) is 24.5 Å². The Kier molecular flexibility index (Phi) is 4.34. The van der Waals surface area contributed by atoms with Gasteiger partial charge in [-0.2, -0.15) is 4.39 Å². The number of rotatable bonds is 4. The van der Waals surface area contributed by atoms with Gasteiger partial charge in [0.2, 0.25) is 5.82 Å². The van der Waals surface area contributed by atoms with E-state index in [0.29, 0.717) is 43.5 Å². The van der Waals surface area contributed by atoms with Gasteiger partial charge in [-0.25, -0.2) is 4.39 Å². The summed E-state index contributed by atoms with van der Waals surface area (Å²) >= 11 is 0. The second kappa shape index (κ2) is 6.56. The Labute approximate surface area is 154 Å². The van der Waals surface area contributed by atoms with Crippen molar-refractivity contribution in [3.8, 4) is 0 Å². The number of halogens is 2. The molecule has 2 aliphatic rings. The number of carbonyl (C=O) groups excluding carboxylic acids is 1. The van der Waals surface area contributed by atoms with Gasteiger partial charge in [0.1, 0.15) is 5.82 Å². The van der Waals surface area contributed by atoms with Crippen LogP contribution in [0.15, 0.2) is 23.0 Å². The molecule has 1 saturated carbocycles. The largest absolute Gasteiger partial charge is 0.393 e. The van der Waals surface area contributed by atoms with E-state index in [1.54, 1.807) is 13.0 Å². The van der Waals surface area contributed by atoms with Crippen molar-refractivity contribution in [3.05, 3.63) is 57.0 Å². The summed E-state index contributed by atoms with van der Waals surface area (Å²) in [5.41, 5.74) is 0.242. The molecule has 7 heteroatoms. The third-order valence-corrected chi connectivity index (χ3v) is 5.43. The van der Waals surface area contributed by atoms with Crippen molar-refractivity contribution >= 4 is 17.2 Å². The van der Waals surface area contributed by atoms with Gasteiger partial charge in [0.15, 0.2) is 5.78 Å². The van der Waals surface area contributed by atoms with E-state index < -0.39 is 29.2 Å². The minimum Gasteiger partial charge on any atom is -0.393 e. The number of anilines is 2. The Hall–Kier alpha value is -2.54. The molecule has 5 nitrogen and oxygen atoms in total. The fraction of sp³-hybridized carbons (Fsp3) is 0.400. The highest BCUT2D eigenvalue weighted by Gasteiger charge is 2.38. The first-order chi connectivity index (χ1) is 12.9. The quantitative estimate of drug-likeness (QED) is 0.807. The Bertz CT molecular complexity index is 994. The van der Waals surface area contributed by atoms with E-state index in [0.717, 1.165) is 0 Å². The average molecular weight is 374 g/mol. The molecular formula is C20H20F2N2O3. The number of carbonyl (C=O) groups is 1. The molecule has 0 radical (unpaired) electrons. The summed E-state index contributed by atoms with van der Waals surface area (Å²) in [5, 5.41) is 12.2. The number of ketones is 1. The summed E-state index contributed by atoms with van der Waals surface area (Å²) in [7, 11) is 0. The minimum absolute atomic E-state index is 0.00420. The number of aryl methyl sites for hydroxylation is 1. The summed E-state index contributed by atoms with van der Waals surface area (Å²) in [6.45, 7) is 2.09. The summed E-state index contributed by atoms with van der Waals surface area (Å²) < 4.78 is 30.5. The predicted molar refractivity (Wildman–Crippen MR) is 96.5 cm³/mol. The Morgan fingerprint density at radius 1 is 1.30 bits per heavy atom. The molecule has 1 aliphatic heterocycles. The smallest absolute Gasteiger partial charge is 0.289 e. The van der Waals surface area contributed by atoms with Crippen molar-refractivity contribution in [2.24, 2.45) is 5.92 Å². The van der Waals surface area contributed by atoms with Crippen LogP contribution in [0.1, 0.15) is 40.9 Å². The molecule has 2 heterocycles. The topological polar surface area (TPSA) is 71.3 Å². The Morgan fingerprint density at radius 2 is 2.04 bits per heavy atom. The number of fused-ring (bicyclic) bond motifs is 1. The number of aliphatic hydroxyl groups is 1. The molecule has 0 unspecified atom stereocenters. The molecule has 4 rings (SSSR count). The lowest BCUT2D eigenvalue weighted by Crippen LogP contribution is -2.36. The zero-order valence-electron chi connectivity index (χ0n) is 14.9. The number of nitrogens with zero attached hydrogens (tertiary/aromatic N) is 1. The van der Waals surface area contributed by atoms with Crippen LogP contribution in [0.2, 0.25) is 0 Å². The van der Waals surface area contributed by atoms with E-state index in [1.165, 1.54) is 16.7 Å². The van der Waals surface area contributed by atoms with Crippen LogP contribution in [-0.4, -0.2) is 21.6 Å². The molecule has 2 aromatic rings. The van der Waals surface area contributed by atoms with E-state index in [9.17, 15) is 23.5 Å². The van der Waals surface area contributed by atoms with Crippen molar-refractivity contribution < 1.29 is 18.7 Å². The first-order valence-electron chi connectivity index (χ1n) is 9.07. The first-order valence-corrected chi connectivity index (χ1v) is 9.07. The summed E-state index contributed by atoms with van der Waals surface area (Å²) in [6, 6.07) is 4.41. The van der Waals surface area contributed by atoms with Crippen LogP contribution < -0.4 is 10.9 Å². The fourth-order valence-corrected chi connectivity index (χ4v) is 3.88. The van der Waals surface area contributed by atoms with Crippen LogP contribution in [0.25, 0.3) is 0 Å². The molecule has 2 N–H and O–H groups in total. The minimum atomic E-state index is -1.08. The molecule has 27 heavy (non-hydrogen) atoms. The normalized spacial score (nSPS) is 20.9. The molecule has 0 saturated heterocycles. The molecule has 142 valence electrons. The van der Waals surface area contributed by atoms with Gasteiger partial charge in [-0.1, -0.05) is 6.07 Å². The van der Waals surface area contributed by atoms with Crippen LogP contribution in [0.4, 0.5) is 20.2 Å². The second-order valence-electron chi connectivity index (χ2n) is 7.37. The molecular weight excluding hydrogens is 354 g/mol. The Balaban J connectivity index is 1.85. The maximum absolute atomic E-state index is 14.9. The average Bonchev–Trinajstić information content (AvgIpc) is 3.08. The summed E-state index contributed by atoms with van der Waals surface area (Å²) in [6.07, 6.45) is 1.23. The number of aromatic nitrogens is 1. The maximum atomic E-state index is 14.9. The highest BCUT2D eigenvalue weighted by Crippen LogP contribution is 2.37. The zero-order valence-corrected chi connectivity index (χ0v) is 14.9. The van der Waals surface area contributed by atoms with Gasteiger partial charge in [-0.3, -0.25) is 9.59 Å². The molecule has 0 atom stereocenters. The number of aliphatic hydroxyl groups excluding tert-OH is 1. The third kappa shape index (κ3) is 2.96. The molecule has 1 aromatic carbocycles. The molecule has 1 aliphatic carbocycles. The van der Waals surface area contributed by atoms with Gasteiger partial charge in [-0.15, -0.1) is 0 Å². The molecule has 0 amide bonds. The lowest BCUT2D eigenvalue weighted by atomic mass is 9.77. The van der Waals surface area contributed by atoms with E-state index in [2.05, 4.69) is 5.32 Å². The van der Waals surface area contributed by atoms with Gasteiger partial charge in [-0.05, 0) is 50.3 Å². The van der Waals surface area contributed by atoms with Crippen molar-refractivity contribution in [2.45, 2.75) is 45.3 Å². The van der Waals surface area contributed by atoms with Crippen LogP contribution in [0.3, 0.4) is 0 Å². The van der Waals surface area contributed by atoms with Gasteiger partial charge in [0.05, 0.1) is 23.0 Å². The second-order valence-corrected chi connectivity index (χ2v) is 7.37. The van der Waals surface area contributed by atoms with Crippen LogP contribution in [0.5, 0.6) is 0 Å². The van der Waals surface area contributed by atoms with Gasteiger partial charge < -0.3 is 15.0 Å². The highest BCUT2D eigenvalue weighted by molar-refractivity contribution is 6.05. The number of Topliss-reactive ketones (excluding diaryl/α,β-unsaturated/α-hetero) is 1. The van der Waals surface area contributed by atoms with Gasteiger partial charge >= 0.3 is 0 Å².